The van der Waals surface area contributed by atoms with Gasteiger partial charge < -0.3 is 37.1 Å². The van der Waals surface area contributed by atoms with Crippen molar-refractivity contribution in [2.24, 2.45) is 11.7 Å². The molecule has 236 valence electrons. The normalized spacial score (nSPS) is 12.1. The predicted molar refractivity (Wildman–Crippen MR) is 162 cm³/mol. The van der Waals surface area contributed by atoms with Crippen LogP contribution >= 0.6 is 0 Å². The van der Waals surface area contributed by atoms with E-state index in [0.717, 1.165) is 44.1 Å². The number of carbonyl (C=O) groups excluding carboxylic acids is 5. The van der Waals surface area contributed by atoms with Crippen LogP contribution in [-0.2, 0) is 25.7 Å². The maximum atomic E-state index is 13.2. The van der Waals surface area contributed by atoms with Gasteiger partial charge in [0.25, 0.3) is 0 Å². The molecule has 0 fully saturated rings. The molecule has 0 heterocycles. The molecule has 0 radical (unpaired) electrons. The van der Waals surface area contributed by atoms with Crippen LogP contribution in [0.3, 0.4) is 0 Å². The quantitative estimate of drug-likeness (QED) is 0.126. The van der Waals surface area contributed by atoms with E-state index in [0.29, 0.717) is 25.1 Å². The first kappa shape index (κ1) is 36.2. The fourth-order valence-corrected chi connectivity index (χ4v) is 4.02. The average molecular weight is 591 g/mol. The lowest BCUT2D eigenvalue weighted by atomic mass is 10.0. The lowest BCUT2D eigenvalue weighted by Gasteiger charge is -2.25. The third-order valence-corrected chi connectivity index (χ3v) is 6.52. The molecule has 1 rings (SSSR count). The van der Waals surface area contributed by atoms with E-state index in [1.165, 1.54) is 0 Å². The van der Waals surface area contributed by atoms with Crippen molar-refractivity contribution in [2.75, 3.05) is 18.4 Å². The Kier molecular flexibility index (Phi) is 18.1. The standard InChI is InChI=1S/C30H50N6O6/c1-5-7-9-10-13-25(37)36-26(21(3)4)28(39)35-24(12-11-19-32-29(31)40)27(38)34-23-16-14-22(15-17-23)20-42-30(41)33-18-8-6-2/h14-17,21,24,26H,5-13,18-20H2,1-4H3,(H,33,41)(H,34,38)(H,35,39)(H,36,37)(H3,31,32,40)/t24-,26-/m0/s1. The molecule has 2 atom stereocenters. The lowest BCUT2D eigenvalue weighted by Crippen LogP contribution is -2.54. The first-order valence-electron chi connectivity index (χ1n) is 15.0. The fourth-order valence-electron chi connectivity index (χ4n) is 4.02. The minimum Gasteiger partial charge on any atom is -0.445 e. The number of amides is 6. The highest BCUT2D eigenvalue weighted by molar-refractivity contribution is 5.98. The number of nitrogens with one attached hydrogen (secondary N) is 5. The number of hydrogen-bond donors (Lipinski definition) is 6. The Labute approximate surface area is 249 Å². The molecule has 0 aliphatic rings. The van der Waals surface area contributed by atoms with Crippen LogP contribution in [0.15, 0.2) is 24.3 Å². The van der Waals surface area contributed by atoms with Gasteiger partial charge in [-0.15, -0.1) is 0 Å². The van der Waals surface area contributed by atoms with Gasteiger partial charge >= 0.3 is 12.1 Å². The summed E-state index contributed by atoms with van der Waals surface area (Å²) in [6.07, 6.45) is 6.12. The predicted octanol–water partition coefficient (Wildman–Crippen LogP) is 3.70. The maximum absolute atomic E-state index is 13.2. The van der Waals surface area contributed by atoms with Crippen LogP contribution in [0.5, 0.6) is 0 Å². The second kappa shape index (κ2) is 21.0. The van der Waals surface area contributed by atoms with Crippen molar-refractivity contribution in [1.29, 1.82) is 0 Å². The summed E-state index contributed by atoms with van der Waals surface area (Å²) in [5.74, 6) is -1.31. The highest BCUT2D eigenvalue weighted by atomic mass is 16.5. The molecule has 42 heavy (non-hydrogen) atoms. The van der Waals surface area contributed by atoms with Crippen molar-refractivity contribution < 1.29 is 28.7 Å². The van der Waals surface area contributed by atoms with E-state index in [1.54, 1.807) is 24.3 Å². The molecule has 6 amide bonds. The third-order valence-electron chi connectivity index (χ3n) is 6.52. The van der Waals surface area contributed by atoms with Crippen LogP contribution < -0.4 is 32.3 Å². The number of anilines is 1. The number of urea groups is 1. The van der Waals surface area contributed by atoms with Gasteiger partial charge in [0.1, 0.15) is 18.7 Å². The van der Waals surface area contributed by atoms with Crippen LogP contribution in [0.4, 0.5) is 15.3 Å². The lowest BCUT2D eigenvalue weighted by molar-refractivity contribution is -0.132. The van der Waals surface area contributed by atoms with Crippen molar-refractivity contribution in [3.63, 3.8) is 0 Å². The average Bonchev–Trinajstić information content (AvgIpc) is 2.95. The molecule has 12 nitrogen and oxygen atoms in total. The van der Waals surface area contributed by atoms with Gasteiger partial charge in [-0.2, -0.15) is 0 Å². The Morgan fingerprint density at radius 1 is 0.810 bits per heavy atom. The number of unbranched alkanes of at least 4 members (excludes halogenated alkanes) is 4. The van der Waals surface area contributed by atoms with Crippen molar-refractivity contribution in [1.82, 2.24) is 21.3 Å². The van der Waals surface area contributed by atoms with Gasteiger partial charge in [-0.3, -0.25) is 14.4 Å². The fraction of sp³-hybridized carbons (Fsp3) is 0.633. The molecular formula is C30H50N6O6. The van der Waals surface area contributed by atoms with E-state index in [4.69, 9.17) is 10.5 Å². The van der Waals surface area contributed by atoms with Gasteiger partial charge in [0.2, 0.25) is 17.7 Å². The highest BCUT2D eigenvalue weighted by Gasteiger charge is 2.28. The van der Waals surface area contributed by atoms with Gasteiger partial charge in [0.15, 0.2) is 0 Å². The molecule has 0 unspecified atom stereocenters. The first-order valence-corrected chi connectivity index (χ1v) is 15.0. The second-order valence-corrected chi connectivity index (χ2v) is 10.6. The van der Waals surface area contributed by atoms with Crippen molar-refractivity contribution in [3.05, 3.63) is 29.8 Å². The number of rotatable bonds is 20. The Hall–Kier alpha value is -3.83. The second-order valence-electron chi connectivity index (χ2n) is 10.6. The van der Waals surface area contributed by atoms with Crippen LogP contribution in [-0.4, -0.2) is 55.0 Å². The number of ether oxygens (including phenoxy) is 1. The molecule has 0 aliphatic heterocycles. The maximum Gasteiger partial charge on any atom is 0.407 e. The molecule has 1 aromatic rings. The van der Waals surface area contributed by atoms with Gasteiger partial charge in [-0.05, 0) is 49.3 Å². The number of nitrogens with two attached hydrogens (primary N) is 1. The van der Waals surface area contributed by atoms with Gasteiger partial charge in [-0.1, -0.05) is 65.5 Å². The topological polar surface area (TPSA) is 181 Å². The monoisotopic (exact) mass is 590 g/mol. The zero-order chi connectivity index (χ0) is 31.3. The summed E-state index contributed by atoms with van der Waals surface area (Å²) >= 11 is 0. The van der Waals surface area contributed by atoms with E-state index in [2.05, 4.69) is 33.5 Å². The zero-order valence-electron chi connectivity index (χ0n) is 25.6. The molecule has 0 saturated heterocycles. The number of benzene rings is 1. The van der Waals surface area contributed by atoms with Crippen LogP contribution in [0, 0.1) is 5.92 Å². The minimum atomic E-state index is -0.926. The molecule has 7 N–H and O–H groups in total. The Morgan fingerprint density at radius 3 is 2.10 bits per heavy atom. The van der Waals surface area contributed by atoms with E-state index < -0.39 is 36.0 Å². The summed E-state index contributed by atoms with van der Waals surface area (Å²) in [4.78, 5) is 61.7. The summed E-state index contributed by atoms with van der Waals surface area (Å²) in [5.41, 5.74) is 6.36. The van der Waals surface area contributed by atoms with Crippen molar-refractivity contribution in [2.45, 2.75) is 104 Å². The van der Waals surface area contributed by atoms with Gasteiger partial charge in [0, 0.05) is 25.2 Å². The Balaban J connectivity index is 2.82. The number of carbonyl (C=O) groups is 5. The molecule has 0 spiro atoms. The zero-order valence-corrected chi connectivity index (χ0v) is 25.6. The minimum absolute atomic E-state index is 0.0820. The number of alkyl carbamates (subject to hydrolysis) is 1. The molecular weight excluding hydrogens is 540 g/mol. The van der Waals surface area contributed by atoms with Crippen LogP contribution in [0.2, 0.25) is 0 Å². The van der Waals surface area contributed by atoms with E-state index >= 15 is 0 Å². The molecule has 0 bridgehead atoms. The summed E-state index contributed by atoms with van der Waals surface area (Å²) in [6, 6.07) is 4.40. The summed E-state index contributed by atoms with van der Waals surface area (Å²) in [5, 5.41) is 13.5. The van der Waals surface area contributed by atoms with E-state index in [9.17, 15) is 24.0 Å². The molecule has 12 heteroatoms. The third kappa shape index (κ3) is 15.8. The largest absolute Gasteiger partial charge is 0.445 e. The van der Waals surface area contributed by atoms with Gasteiger partial charge in [0.05, 0.1) is 0 Å². The SMILES string of the molecule is CCCCCCC(=O)N[C@H](C(=O)N[C@@H](CCCNC(N)=O)C(=O)Nc1ccc(COC(=O)NCCCC)cc1)C(C)C. The molecule has 0 aromatic heterocycles. The number of primary amides is 1. The van der Waals surface area contributed by atoms with Crippen LogP contribution in [0.1, 0.15) is 91.0 Å². The molecule has 1 aromatic carbocycles. The molecule has 0 saturated carbocycles. The van der Waals surface area contributed by atoms with Crippen LogP contribution in [0.25, 0.3) is 0 Å². The highest BCUT2D eigenvalue weighted by Crippen LogP contribution is 2.13. The van der Waals surface area contributed by atoms with Crippen molar-refractivity contribution in [3.8, 4) is 0 Å². The summed E-state index contributed by atoms with van der Waals surface area (Å²) in [6.45, 7) is 8.65. The Bertz CT molecular complexity index is 985. The summed E-state index contributed by atoms with van der Waals surface area (Å²) < 4.78 is 5.20. The van der Waals surface area contributed by atoms with Gasteiger partial charge in [-0.25, -0.2) is 9.59 Å². The summed E-state index contributed by atoms with van der Waals surface area (Å²) in [7, 11) is 0. The first-order chi connectivity index (χ1) is 20.1. The van der Waals surface area contributed by atoms with E-state index in [1.807, 2.05) is 20.8 Å². The van der Waals surface area contributed by atoms with E-state index in [-0.39, 0.29) is 31.4 Å². The molecule has 0 aliphatic carbocycles. The van der Waals surface area contributed by atoms with Crippen molar-refractivity contribution >= 4 is 35.5 Å². The Morgan fingerprint density at radius 2 is 1.48 bits per heavy atom. The number of hydrogen-bond acceptors (Lipinski definition) is 6. The smallest absolute Gasteiger partial charge is 0.407 e.